The van der Waals surface area contributed by atoms with Crippen molar-refractivity contribution in [1.29, 1.82) is 0 Å². The van der Waals surface area contributed by atoms with E-state index in [1.165, 1.54) is 18.5 Å². The van der Waals surface area contributed by atoms with Crippen molar-refractivity contribution in [2.45, 2.75) is 18.5 Å². The maximum Gasteiger partial charge on any atom is 0.0328 e. The van der Waals surface area contributed by atoms with Crippen LogP contribution in [0.25, 0.3) is 0 Å². The molecule has 14 heavy (non-hydrogen) atoms. The van der Waals surface area contributed by atoms with Crippen LogP contribution in [0.2, 0.25) is 0 Å². The molecule has 2 nitrogen and oxygen atoms in total. The van der Waals surface area contributed by atoms with E-state index in [1.54, 1.807) is 0 Å². The smallest absolute Gasteiger partial charge is 0.0328 e. The van der Waals surface area contributed by atoms with Crippen molar-refractivity contribution in [3.8, 4) is 0 Å². The fourth-order valence-corrected chi connectivity index (χ4v) is 2.59. The van der Waals surface area contributed by atoms with Gasteiger partial charge >= 0.3 is 0 Å². The Balaban J connectivity index is 1.65. The molecular formula is C12H16N2. The molecule has 2 N–H and O–H groups in total. The van der Waals surface area contributed by atoms with Crippen LogP contribution in [0.3, 0.4) is 0 Å². The minimum absolute atomic E-state index is 0.189. The molecule has 2 atom stereocenters. The fourth-order valence-electron chi connectivity index (χ4n) is 2.59. The van der Waals surface area contributed by atoms with Gasteiger partial charge in [-0.3, -0.25) is 4.90 Å². The van der Waals surface area contributed by atoms with E-state index in [-0.39, 0.29) is 5.54 Å². The lowest BCUT2D eigenvalue weighted by molar-refractivity contribution is 0.291. The monoisotopic (exact) mass is 188 g/mol. The first kappa shape index (κ1) is 8.45. The van der Waals surface area contributed by atoms with Gasteiger partial charge in [0.25, 0.3) is 0 Å². The summed E-state index contributed by atoms with van der Waals surface area (Å²) < 4.78 is 0. The number of fused-ring (bicyclic) bond motifs is 1. The summed E-state index contributed by atoms with van der Waals surface area (Å²) in [4.78, 5) is 2.48. The highest BCUT2D eigenvalue weighted by Gasteiger charge is 2.56. The highest BCUT2D eigenvalue weighted by atomic mass is 15.2. The van der Waals surface area contributed by atoms with E-state index < -0.39 is 0 Å². The van der Waals surface area contributed by atoms with Crippen LogP contribution in [-0.2, 0) is 6.54 Å². The van der Waals surface area contributed by atoms with Gasteiger partial charge in [0.2, 0.25) is 0 Å². The SMILES string of the molecule is N[C@]12C[C@@H]1CN(Cc1ccccc1)C2. The van der Waals surface area contributed by atoms with E-state index in [0.717, 1.165) is 19.0 Å². The minimum atomic E-state index is 0.189. The second-order valence-corrected chi connectivity index (χ2v) is 4.79. The molecule has 1 aliphatic heterocycles. The van der Waals surface area contributed by atoms with Crippen molar-refractivity contribution < 1.29 is 0 Å². The number of hydrogen-bond donors (Lipinski definition) is 1. The third-order valence-corrected chi connectivity index (χ3v) is 3.52. The number of hydrogen-bond acceptors (Lipinski definition) is 2. The zero-order chi connectivity index (χ0) is 9.60. The van der Waals surface area contributed by atoms with Crippen LogP contribution in [0, 0.1) is 5.92 Å². The molecule has 2 fully saturated rings. The van der Waals surface area contributed by atoms with E-state index in [2.05, 4.69) is 35.2 Å². The van der Waals surface area contributed by atoms with Gasteiger partial charge in [0.15, 0.2) is 0 Å². The average Bonchev–Trinajstić information content (AvgIpc) is 2.67. The lowest BCUT2D eigenvalue weighted by Gasteiger charge is -2.18. The Morgan fingerprint density at radius 1 is 1.36 bits per heavy atom. The molecule has 0 amide bonds. The van der Waals surface area contributed by atoms with Crippen molar-refractivity contribution in [1.82, 2.24) is 4.90 Å². The van der Waals surface area contributed by atoms with Gasteiger partial charge in [-0.1, -0.05) is 30.3 Å². The summed E-state index contributed by atoms with van der Waals surface area (Å²) >= 11 is 0. The quantitative estimate of drug-likeness (QED) is 0.756. The zero-order valence-electron chi connectivity index (χ0n) is 8.32. The molecule has 0 bridgehead atoms. The number of benzene rings is 1. The predicted molar refractivity (Wildman–Crippen MR) is 56.7 cm³/mol. The van der Waals surface area contributed by atoms with Gasteiger partial charge in [0, 0.05) is 25.2 Å². The van der Waals surface area contributed by atoms with Crippen LogP contribution in [0.1, 0.15) is 12.0 Å². The summed E-state index contributed by atoms with van der Waals surface area (Å²) in [5, 5.41) is 0. The Bertz CT molecular complexity index is 335. The maximum absolute atomic E-state index is 6.15. The summed E-state index contributed by atoms with van der Waals surface area (Å²) in [5.74, 6) is 0.784. The zero-order valence-corrected chi connectivity index (χ0v) is 8.32. The Kier molecular flexibility index (Phi) is 1.70. The Morgan fingerprint density at radius 2 is 2.14 bits per heavy atom. The molecule has 1 aromatic rings. The third-order valence-electron chi connectivity index (χ3n) is 3.52. The molecule has 1 aromatic carbocycles. The predicted octanol–water partition coefficient (Wildman–Crippen LogP) is 1.22. The van der Waals surface area contributed by atoms with Crippen LogP contribution in [-0.4, -0.2) is 23.5 Å². The van der Waals surface area contributed by atoms with Crippen molar-refractivity contribution in [2.75, 3.05) is 13.1 Å². The standard InChI is InChI=1S/C12H16N2/c13-12-6-11(12)8-14(9-12)7-10-4-2-1-3-5-10/h1-5,11H,6-9,13H2/t11-,12+/m1/s1. The van der Waals surface area contributed by atoms with E-state index in [0.29, 0.717) is 0 Å². The molecule has 2 aliphatic rings. The van der Waals surface area contributed by atoms with Crippen molar-refractivity contribution in [3.05, 3.63) is 35.9 Å². The Morgan fingerprint density at radius 3 is 2.79 bits per heavy atom. The lowest BCUT2D eigenvalue weighted by atomic mass is 10.2. The van der Waals surface area contributed by atoms with E-state index >= 15 is 0 Å². The van der Waals surface area contributed by atoms with Gasteiger partial charge in [0.1, 0.15) is 0 Å². The van der Waals surface area contributed by atoms with Crippen LogP contribution in [0.15, 0.2) is 30.3 Å². The Hall–Kier alpha value is -0.860. The molecule has 2 heteroatoms. The van der Waals surface area contributed by atoms with Gasteiger partial charge in [0.05, 0.1) is 0 Å². The van der Waals surface area contributed by atoms with Crippen LogP contribution in [0.4, 0.5) is 0 Å². The molecule has 0 spiro atoms. The van der Waals surface area contributed by atoms with Crippen molar-refractivity contribution in [3.63, 3.8) is 0 Å². The largest absolute Gasteiger partial charge is 0.324 e. The summed E-state index contributed by atoms with van der Waals surface area (Å²) in [6.07, 6.45) is 1.25. The Labute approximate surface area is 84.7 Å². The molecule has 0 aromatic heterocycles. The summed E-state index contributed by atoms with van der Waals surface area (Å²) in [5.41, 5.74) is 7.74. The van der Waals surface area contributed by atoms with Crippen molar-refractivity contribution >= 4 is 0 Å². The highest BCUT2D eigenvalue weighted by Crippen LogP contribution is 2.47. The first-order valence-corrected chi connectivity index (χ1v) is 5.31. The van der Waals surface area contributed by atoms with Gasteiger partial charge in [-0.15, -0.1) is 0 Å². The van der Waals surface area contributed by atoms with Crippen LogP contribution < -0.4 is 5.73 Å². The van der Waals surface area contributed by atoms with Gasteiger partial charge in [-0.25, -0.2) is 0 Å². The van der Waals surface area contributed by atoms with Crippen LogP contribution in [0.5, 0.6) is 0 Å². The molecule has 1 heterocycles. The number of likely N-dealkylation sites (tertiary alicyclic amines) is 1. The summed E-state index contributed by atoms with van der Waals surface area (Å²) in [7, 11) is 0. The summed E-state index contributed by atoms with van der Waals surface area (Å²) in [6, 6.07) is 10.6. The number of nitrogens with two attached hydrogens (primary N) is 1. The third kappa shape index (κ3) is 1.35. The molecule has 74 valence electrons. The highest BCUT2D eigenvalue weighted by molar-refractivity contribution is 5.19. The average molecular weight is 188 g/mol. The maximum atomic E-state index is 6.15. The fraction of sp³-hybridized carbons (Fsp3) is 0.500. The van der Waals surface area contributed by atoms with Gasteiger partial charge in [-0.2, -0.15) is 0 Å². The molecule has 0 unspecified atom stereocenters. The van der Waals surface area contributed by atoms with E-state index in [1.807, 2.05) is 0 Å². The van der Waals surface area contributed by atoms with E-state index in [4.69, 9.17) is 5.73 Å². The second kappa shape index (κ2) is 2.81. The number of rotatable bonds is 2. The topological polar surface area (TPSA) is 29.3 Å². The molecule has 0 radical (unpaired) electrons. The normalized spacial score (nSPS) is 35.6. The molecule has 3 rings (SSSR count). The lowest BCUT2D eigenvalue weighted by Crippen LogP contribution is -2.32. The summed E-state index contributed by atoms with van der Waals surface area (Å²) in [6.45, 7) is 3.36. The molecule has 1 saturated heterocycles. The van der Waals surface area contributed by atoms with E-state index in [9.17, 15) is 0 Å². The van der Waals surface area contributed by atoms with Crippen molar-refractivity contribution in [2.24, 2.45) is 11.7 Å². The molecular weight excluding hydrogens is 172 g/mol. The molecule has 1 saturated carbocycles. The first-order chi connectivity index (χ1) is 6.76. The first-order valence-electron chi connectivity index (χ1n) is 5.31. The van der Waals surface area contributed by atoms with Gasteiger partial charge < -0.3 is 5.73 Å². The second-order valence-electron chi connectivity index (χ2n) is 4.79. The van der Waals surface area contributed by atoms with Gasteiger partial charge in [-0.05, 0) is 17.9 Å². The number of piperidine rings is 1. The minimum Gasteiger partial charge on any atom is -0.324 e. The number of nitrogens with zero attached hydrogens (tertiary/aromatic N) is 1. The molecule has 1 aliphatic carbocycles. The van der Waals surface area contributed by atoms with Crippen LogP contribution >= 0.6 is 0 Å².